The molecule has 0 spiro atoms. The van der Waals surface area contributed by atoms with E-state index >= 15 is 0 Å². The maximum Gasteiger partial charge on any atom is 0.316 e. The molecule has 0 fully saturated rings. The number of aliphatic hydroxyl groups is 2. The molecule has 1 unspecified atom stereocenters. The molecule has 0 aliphatic heterocycles. The van der Waals surface area contributed by atoms with Gasteiger partial charge in [0.25, 0.3) is 0 Å². The Morgan fingerprint density at radius 1 is 1.28 bits per heavy atom. The number of nitrogens with zero attached hydrogens (tertiary/aromatic N) is 2. The lowest BCUT2D eigenvalue weighted by Gasteiger charge is -2.20. The smallest absolute Gasteiger partial charge is 0.316 e. The second-order valence-electron chi connectivity index (χ2n) is 5.24. The molecule has 0 saturated heterocycles. The van der Waals surface area contributed by atoms with Gasteiger partial charge >= 0.3 is 6.03 Å². The normalized spacial score (nSPS) is 15.7. The van der Waals surface area contributed by atoms with Crippen molar-refractivity contribution < 1.29 is 29.1 Å². The predicted octanol–water partition coefficient (Wildman–Crippen LogP) is -3.49. The lowest BCUT2D eigenvalue weighted by atomic mass is 10.1. The van der Waals surface area contributed by atoms with Crippen LogP contribution in [0.3, 0.4) is 0 Å². The molecule has 0 aliphatic carbocycles. The number of carbonyl (C=O) groups is 3. The van der Waals surface area contributed by atoms with Crippen LogP contribution in [0.25, 0.3) is 0 Å². The van der Waals surface area contributed by atoms with E-state index in [9.17, 15) is 19.5 Å². The van der Waals surface area contributed by atoms with Gasteiger partial charge in [0.15, 0.2) is 5.82 Å². The molecule has 13 heteroatoms. The van der Waals surface area contributed by atoms with Crippen LogP contribution in [0, 0.1) is 0 Å². The van der Waals surface area contributed by atoms with E-state index in [1.807, 2.05) is 0 Å². The van der Waals surface area contributed by atoms with Crippen LogP contribution in [0.15, 0.2) is 4.52 Å². The number of primary amides is 2. The molecule has 0 aliphatic rings. The summed E-state index contributed by atoms with van der Waals surface area (Å²) < 4.78 is 4.91. The molecule has 13 nitrogen and oxygen atoms in total. The van der Waals surface area contributed by atoms with E-state index in [1.54, 1.807) is 0 Å². The largest absolute Gasteiger partial charge is 0.394 e. The zero-order chi connectivity index (χ0) is 19.1. The number of nitrogens with one attached hydrogen (secondary N) is 2. The molecule has 0 saturated carbocycles. The third kappa shape index (κ3) is 5.98. The second kappa shape index (κ2) is 8.91. The lowest BCUT2D eigenvalue weighted by Crippen LogP contribution is -2.54. The van der Waals surface area contributed by atoms with E-state index in [2.05, 4.69) is 20.8 Å². The van der Waals surface area contributed by atoms with Crippen molar-refractivity contribution in [1.82, 2.24) is 20.8 Å². The Morgan fingerprint density at radius 2 is 1.92 bits per heavy atom. The number of aliphatic hydroxyl groups excluding tert-OH is 2. The van der Waals surface area contributed by atoms with Crippen LogP contribution < -0.4 is 27.8 Å². The molecule has 1 heterocycles. The predicted molar refractivity (Wildman–Crippen MR) is 81.2 cm³/mol. The van der Waals surface area contributed by atoms with Crippen LogP contribution in [0.1, 0.15) is 37.1 Å². The highest BCUT2D eigenvalue weighted by molar-refractivity contribution is 5.86. The fourth-order valence-corrected chi connectivity index (χ4v) is 1.79. The van der Waals surface area contributed by atoms with Gasteiger partial charge in [0.1, 0.15) is 12.1 Å². The fourth-order valence-electron chi connectivity index (χ4n) is 1.79. The number of amides is 4. The Kier molecular flexibility index (Phi) is 7.22. The molecular weight excluding hydrogens is 338 g/mol. The van der Waals surface area contributed by atoms with Gasteiger partial charge in [0.2, 0.25) is 17.7 Å². The minimum absolute atomic E-state index is 0.0341. The van der Waals surface area contributed by atoms with Crippen molar-refractivity contribution in [3.05, 3.63) is 11.7 Å². The third-order valence-corrected chi connectivity index (χ3v) is 3.07. The summed E-state index contributed by atoms with van der Waals surface area (Å²) >= 11 is 0. The maximum absolute atomic E-state index is 12.0. The molecule has 140 valence electrons. The minimum atomic E-state index is -1.35. The fraction of sp³-hybridized carbons (Fsp3) is 0.583. The highest BCUT2D eigenvalue weighted by Crippen LogP contribution is 2.16. The number of carbonyl (C=O) groups excluding carboxylic acids is 3. The highest BCUT2D eigenvalue weighted by atomic mass is 16.5. The van der Waals surface area contributed by atoms with Crippen LogP contribution in [0.2, 0.25) is 0 Å². The summed E-state index contributed by atoms with van der Waals surface area (Å²) in [6.45, 7) is 0.819. The van der Waals surface area contributed by atoms with Gasteiger partial charge in [-0.15, -0.1) is 0 Å². The quantitative estimate of drug-likeness (QED) is 0.231. The number of nitrogens with two attached hydrogens (primary N) is 3. The van der Waals surface area contributed by atoms with Crippen molar-refractivity contribution >= 4 is 17.8 Å². The molecule has 25 heavy (non-hydrogen) atoms. The van der Waals surface area contributed by atoms with Crippen molar-refractivity contribution in [2.45, 2.75) is 37.6 Å². The van der Waals surface area contributed by atoms with E-state index in [0.29, 0.717) is 0 Å². The van der Waals surface area contributed by atoms with E-state index in [4.69, 9.17) is 26.8 Å². The molecular formula is C12H21N7O6. The molecule has 4 atom stereocenters. The average molecular weight is 359 g/mol. The molecule has 1 aromatic heterocycles. The summed E-state index contributed by atoms with van der Waals surface area (Å²) in [7, 11) is 0. The summed E-state index contributed by atoms with van der Waals surface area (Å²) in [5.41, 5.74) is 15.7. The van der Waals surface area contributed by atoms with E-state index in [-0.39, 0.29) is 18.1 Å². The van der Waals surface area contributed by atoms with E-state index in [0.717, 1.165) is 0 Å². The van der Waals surface area contributed by atoms with Gasteiger partial charge in [-0.1, -0.05) is 5.16 Å². The zero-order valence-corrected chi connectivity index (χ0v) is 13.4. The monoisotopic (exact) mass is 359 g/mol. The Hall–Kier alpha value is -2.77. The Labute approximate surface area is 141 Å². The van der Waals surface area contributed by atoms with Gasteiger partial charge in [-0.25, -0.2) is 4.79 Å². The number of aromatic nitrogens is 2. The molecule has 4 amide bonds. The maximum atomic E-state index is 12.0. The highest BCUT2D eigenvalue weighted by Gasteiger charge is 2.28. The van der Waals surface area contributed by atoms with E-state index < -0.39 is 48.7 Å². The second-order valence-corrected chi connectivity index (χ2v) is 5.24. The summed E-state index contributed by atoms with van der Waals surface area (Å²) in [6, 6.07) is -4.31. The zero-order valence-electron chi connectivity index (χ0n) is 13.4. The van der Waals surface area contributed by atoms with Crippen molar-refractivity contribution in [3.63, 3.8) is 0 Å². The van der Waals surface area contributed by atoms with Crippen molar-refractivity contribution in [3.8, 4) is 0 Å². The Balaban J connectivity index is 2.89. The molecule has 1 aromatic rings. The SMILES string of the molecule is CC(O)[C@H](NC(=O)N[C@@H](CC(N)=O)c1nc([C@@H](N)CO)no1)C(N)=O. The van der Waals surface area contributed by atoms with Crippen LogP contribution in [-0.2, 0) is 9.59 Å². The molecule has 10 N–H and O–H groups in total. The number of rotatable bonds is 9. The van der Waals surface area contributed by atoms with Gasteiger partial charge in [-0.05, 0) is 6.92 Å². The third-order valence-electron chi connectivity index (χ3n) is 3.07. The van der Waals surface area contributed by atoms with Gasteiger partial charge in [0, 0.05) is 0 Å². The van der Waals surface area contributed by atoms with Crippen LogP contribution in [-0.4, -0.2) is 57.0 Å². The molecule has 0 aromatic carbocycles. The number of hydrogen-bond donors (Lipinski definition) is 7. The van der Waals surface area contributed by atoms with E-state index in [1.165, 1.54) is 6.92 Å². The summed E-state index contributed by atoms with van der Waals surface area (Å²) in [5, 5.41) is 26.4. The first-order valence-corrected chi connectivity index (χ1v) is 7.18. The molecule has 0 radical (unpaired) electrons. The van der Waals surface area contributed by atoms with Gasteiger partial charge in [-0.3, -0.25) is 9.59 Å². The van der Waals surface area contributed by atoms with Crippen LogP contribution in [0.4, 0.5) is 4.79 Å². The van der Waals surface area contributed by atoms with Gasteiger partial charge in [-0.2, -0.15) is 4.98 Å². The summed E-state index contributed by atoms with van der Waals surface area (Å²) in [5.74, 6) is -1.95. The minimum Gasteiger partial charge on any atom is -0.394 e. The summed E-state index contributed by atoms with van der Waals surface area (Å²) in [6.07, 6.45) is -1.63. The first-order valence-electron chi connectivity index (χ1n) is 7.18. The van der Waals surface area contributed by atoms with Gasteiger partial charge < -0.3 is 42.6 Å². The van der Waals surface area contributed by atoms with Crippen molar-refractivity contribution in [2.75, 3.05) is 6.61 Å². The standard InChI is InChI=1S/C12H21N7O6/c1-4(21)8(9(15)23)17-12(24)16-6(2-7(14)22)11-18-10(19-25-11)5(13)3-20/h4-6,8,20-21H,2-3,13H2,1H3,(H2,14,22)(H2,15,23)(H2,16,17,24)/t4?,5-,6-,8-/m0/s1. The van der Waals surface area contributed by atoms with Crippen molar-refractivity contribution in [1.29, 1.82) is 0 Å². The van der Waals surface area contributed by atoms with Crippen LogP contribution >= 0.6 is 0 Å². The number of hydrogen-bond acceptors (Lipinski definition) is 9. The van der Waals surface area contributed by atoms with Crippen LogP contribution in [0.5, 0.6) is 0 Å². The number of urea groups is 1. The van der Waals surface area contributed by atoms with Gasteiger partial charge in [0.05, 0.1) is 25.2 Å². The summed E-state index contributed by atoms with van der Waals surface area (Å²) in [4.78, 5) is 38.2. The Bertz CT molecular complexity index is 619. The molecule has 0 bridgehead atoms. The Morgan fingerprint density at radius 3 is 2.40 bits per heavy atom. The first kappa shape index (κ1) is 20.3. The first-order chi connectivity index (χ1) is 11.6. The average Bonchev–Trinajstić information content (AvgIpc) is 3.00. The lowest BCUT2D eigenvalue weighted by molar-refractivity contribution is -0.122. The molecule has 1 rings (SSSR count). The topological polar surface area (TPSA) is 233 Å². The van der Waals surface area contributed by atoms with Crippen molar-refractivity contribution in [2.24, 2.45) is 17.2 Å².